The van der Waals surface area contributed by atoms with Crippen LogP contribution in [0.3, 0.4) is 0 Å². The van der Waals surface area contributed by atoms with Gasteiger partial charge in [0.2, 0.25) is 0 Å². The Morgan fingerprint density at radius 3 is 1.34 bits per heavy atom. The van der Waals surface area contributed by atoms with Crippen molar-refractivity contribution in [2.75, 3.05) is 4.90 Å². The largest absolute Gasteiger partial charge is 0.310 e. The fourth-order valence-corrected chi connectivity index (χ4v) is 8.64. The summed E-state index contributed by atoms with van der Waals surface area (Å²) in [6.07, 6.45) is 0. The molecular weight excluding hydrogens is 603 g/mol. The van der Waals surface area contributed by atoms with Crippen molar-refractivity contribution < 1.29 is 0 Å². The summed E-state index contributed by atoms with van der Waals surface area (Å²) in [5.41, 5.74) is 10.7. The molecule has 1 aliphatic rings. The van der Waals surface area contributed by atoms with Crippen molar-refractivity contribution in [3.63, 3.8) is 0 Å². The SMILES string of the molecule is c1ccc(N(c2ccc3c(c2)-c2ccccc2C3(c2ccccc2)c2ccccc2)c2ccc3c4ccccc4c4ccccc4c3c2)cc1. The molecule has 0 heterocycles. The molecule has 50 heavy (non-hydrogen) atoms. The molecule has 0 unspecified atom stereocenters. The van der Waals surface area contributed by atoms with E-state index in [1.807, 2.05) is 0 Å². The van der Waals surface area contributed by atoms with Crippen LogP contribution in [0, 0.1) is 0 Å². The first-order chi connectivity index (χ1) is 24.8. The second kappa shape index (κ2) is 11.3. The van der Waals surface area contributed by atoms with E-state index in [1.165, 1.54) is 65.7 Å². The first-order valence-corrected chi connectivity index (χ1v) is 17.4. The molecule has 0 atom stereocenters. The highest BCUT2D eigenvalue weighted by Crippen LogP contribution is 2.57. The number of fused-ring (bicyclic) bond motifs is 9. The van der Waals surface area contributed by atoms with Gasteiger partial charge in [0.15, 0.2) is 0 Å². The van der Waals surface area contributed by atoms with Crippen LogP contribution in [-0.4, -0.2) is 0 Å². The number of anilines is 3. The molecule has 9 aromatic carbocycles. The Kier molecular flexibility index (Phi) is 6.47. The number of benzene rings is 9. The molecule has 1 aliphatic carbocycles. The van der Waals surface area contributed by atoms with Gasteiger partial charge in [0.25, 0.3) is 0 Å². The minimum atomic E-state index is -0.423. The van der Waals surface area contributed by atoms with Gasteiger partial charge in [-0.05, 0) is 102 Å². The zero-order valence-corrected chi connectivity index (χ0v) is 27.5. The smallest absolute Gasteiger partial charge is 0.0713 e. The summed E-state index contributed by atoms with van der Waals surface area (Å²) in [6, 6.07) is 73.5. The van der Waals surface area contributed by atoms with Crippen molar-refractivity contribution in [3.05, 3.63) is 222 Å². The lowest BCUT2D eigenvalue weighted by Gasteiger charge is -2.34. The van der Waals surface area contributed by atoms with Crippen LogP contribution in [0.4, 0.5) is 17.1 Å². The Balaban J connectivity index is 1.24. The van der Waals surface area contributed by atoms with Crippen LogP contribution in [-0.2, 0) is 5.41 Å². The third-order valence-electron chi connectivity index (χ3n) is 10.7. The van der Waals surface area contributed by atoms with Crippen molar-refractivity contribution in [2.45, 2.75) is 5.41 Å². The highest BCUT2D eigenvalue weighted by molar-refractivity contribution is 6.25. The molecule has 0 spiro atoms. The third kappa shape index (κ3) is 4.14. The van der Waals surface area contributed by atoms with Crippen LogP contribution in [0.2, 0.25) is 0 Å². The van der Waals surface area contributed by atoms with E-state index in [4.69, 9.17) is 0 Å². The molecule has 1 nitrogen and oxygen atoms in total. The predicted molar refractivity (Wildman–Crippen MR) is 211 cm³/mol. The molecule has 1 heteroatoms. The molecule has 0 amide bonds. The summed E-state index contributed by atoms with van der Waals surface area (Å²) >= 11 is 0. The fourth-order valence-electron chi connectivity index (χ4n) is 8.64. The van der Waals surface area contributed by atoms with E-state index in [0.717, 1.165) is 17.1 Å². The van der Waals surface area contributed by atoms with Crippen LogP contribution in [0.15, 0.2) is 200 Å². The van der Waals surface area contributed by atoms with Gasteiger partial charge >= 0.3 is 0 Å². The Labute approximate surface area is 292 Å². The van der Waals surface area contributed by atoms with Crippen molar-refractivity contribution in [1.82, 2.24) is 0 Å². The van der Waals surface area contributed by atoms with Crippen molar-refractivity contribution in [1.29, 1.82) is 0 Å². The van der Waals surface area contributed by atoms with E-state index in [9.17, 15) is 0 Å². The molecule has 0 N–H and O–H groups in total. The van der Waals surface area contributed by atoms with Gasteiger partial charge in [-0.3, -0.25) is 0 Å². The molecule has 234 valence electrons. The Morgan fingerprint density at radius 1 is 0.280 bits per heavy atom. The second-order valence-corrected chi connectivity index (χ2v) is 13.2. The van der Waals surface area contributed by atoms with Gasteiger partial charge in [0.1, 0.15) is 0 Å². The lowest BCUT2D eigenvalue weighted by atomic mass is 9.68. The third-order valence-corrected chi connectivity index (χ3v) is 10.7. The van der Waals surface area contributed by atoms with Crippen molar-refractivity contribution in [2.24, 2.45) is 0 Å². The number of rotatable bonds is 5. The van der Waals surface area contributed by atoms with Crippen LogP contribution >= 0.6 is 0 Å². The first kappa shape index (κ1) is 28.6. The zero-order chi connectivity index (χ0) is 33.1. The summed E-state index contributed by atoms with van der Waals surface area (Å²) in [5.74, 6) is 0. The van der Waals surface area contributed by atoms with Crippen LogP contribution in [0.25, 0.3) is 43.4 Å². The van der Waals surface area contributed by atoms with Crippen LogP contribution < -0.4 is 4.90 Å². The summed E-state index contributed by atoms with van der Waals surface area (Å²) in [7, 11) is 0. The zero-order valence-electron chi connectivity index (χ0n) is 27.5. The molecule has 0 saturated heterocycles. The van der Waals surface area contributed by atoms with E-state index in [-0.39, 0.29) is 0 Å². The van der Waals surface area contributed by atoms with E-state index in [0.29, 0.717) is 0 Å². The van der Waals surface area contributed by atoms with Gasteiger partial charge < -0.3 is 4.90 Å². The number of hydrogen-bond acceptors (Lipinski definition) is 1. The average molecular weight is 636 g/mol. The minimum Gasteiger partial charge on any atom is -0.310 e. The molecule has 0 aromatic heterocycles. The van der Waals surface area contributed by atoms with Crippen molar-refractivity contribution >= 4 is 49.4 Å². The minimum absolute atomic E-state index is 0.423. The predicted octanol–water partition coefficient (Wildman–Crippen LogP) is 13.0. The molecule has 10 rings (SSSR count). The molecule has 0 aliphatic heterocycles. The normalized spacial score (nSPS) is 13.0. The van der Waals surface area contributed by atoms with E-state index in [2.05, 4.69) is 205 Å². The number of para-hydroxylation sites is 1. The molecule has 0 fully saturated rings. The monoisotopic (exact) mass is 635 g/mol. The lowest BCUT2D eigenvalue weighted by Crippen LogP contribution is -2.28. The Morgan fingerprint density at radius 2 is 0.720 bits per heavy atom. The quantitative estimate of drug-likeness (QED) is 0.170. The second-order valence-electron chi connectivity index (χ2n) is 13.2. The summed E-state index contributed by atoms with van der Waals surface area (Å²) in [4.78, 5) is 2.41. The van der Waals surface area contributed by atoms with Crippen LogP contribution in [0.5, 0.6) is 0 Å². The lowest BCUT2D eigenvalue weighted by molar-refractivity contribution is 0.768. The average Bonchev–Trinajstić information content (AvgIpc) is 3.50. The van der Waals surface area contributed by atoms with Gasteiger partial charge in [-0.15, -0.1) is 0 Å². The van der Waals surface area contributed by atoms with Crippen molar-refractivity contribution in [3.8, 4) is 11.1 Å². The maximum atomic E-state index is 2.41. The molecule has 0 radical (unpaired) electrons. The fraction of sp³-hybridized carbons (Fsp3) is 0.0204. The molecule has 0 saturated carbocycles. The molecular formula is C49H33N. The number of hydrogen-bond donors (Lipinski definition) is 0. The van der Waals surface area contributed by atoms with E-state index < -0.39 is 5.41 Å². The maximum Gasteiger partial charge on any atom is 0.0713 e. The Hall–Kier alpha value is -6.44. The van der Waals surface area contributed by atoms with E-state index in [1.54, 1.807) is 0 Å². The van der Waals surface area contributed by atoms with Gasteiger partial charge in [0.05, 0.1) is 5.41 Å². The molecule has 9 aromatic rings. The first-order valence-electron chi connectivity index (χ1n) is 17.4. The number of nitrogens with zero attached hydrogens (tertiary/aromatic N) is 1. The van der Waals surface area contributed by atoms with Gasteiger partial charge in [0, 0.05) is 17.1 Å². The van der Waals surface area contributed by atoms with Gasteiger partial charge in [-0.25, -0.2) is 0 Å². The summed E-state index contributed by atoms with van der Waals surface area (Å²) in [6.45, 7) is 0. The summed E-state index contributed by atoms with van der Waals surface area (Å²) < 4.78 is 0. The topological polar surface area (TPSA) is 3.24 Å². The standard InChI is InChI=1S/C49H33N/c1-4-16-34(17-5-1)49(35-18-6-2-7-19-35)47-27-15-14-26-44(47)46-33-38(29-31-48(46)49)50(36-20-8-3-9-21-36)37-28-30-43-41-24-11-10-22-39(41)40-23-12-13-25-42(40)45(43)32-37/h1-33H. The van der Waals surface area contributed by atoms with Gasteiger partial charge in [-0.2, -0.15) is 0 Å². The molecule has 0 bridgehead atoms. The maximum absolute atomic E-state index is 2.41. The van der Waals surface area contributed by atoms with Gasteiger partial charge in [-0.1, -0.05) is 164 Å². The highest BCUT2D eigenvalue weighted by Gasteiger charge is 2.46. The Bertz CT molecular complexity index is 2620. The van der Waals surface area contributed by atoms with E-state index >= 15 is 0 Å². The van der Waals surface area contributed by atoms with Crippen LogP contribution in [0.1, 0.15) is 22.3 Å². The highest BCUT2D eigenvalue weighted by atomic mass is 15.1. The summed E-state index contributed by atoms with van der Waals surface area (Å²) in [5, 5.41) is 7.67.